The summed E-state index contributed by atoms with van der Waals surface area (Å²) in [6.07, 6.45) is 1.89. The maximum atomic E-state index is 5.02. The van der Waals surface area contributed by atoms with E-state index in [9.17, 15) is 0 Å². The zero-order valence-electron chi connectivity index (χ0n) is 19.8. The second kappa shape index (κ2) is 9.85. The number of imidazole rings is 1. The predicted molar refractivity (Wildman–Crippen MR) is 146 cm³/mol. The number of pyridine rings is 1. The van der Waals surface area contributed by atoms with Crippen LogP contribution in [0.2, 0.25) is 0 Å². The maximum Gasteiger partial charge on any atom is 0.159 e. The van der Waals surface area contributed by atoms with Crippen molar-refractivity contribution in [2.24, 2.45) is 0 Å². The third-order valence-corrected chi connectivity index (χ3v) is 8.21. The van der Waals surface area contributed by atoms with E-state index in [1.165, 1.54) is 11.4 Å². The molecule has 8 nitrogen and oxygen atoms in total. The summed E-state index contributed by atoms with van der Waals surface area (Å²) in [5.41, 5.74) is 6.38. The fourth-order valence-electron chi connectivity index (χ4n) is 4.95. The molecule has 0 radical (unpaired) electrons. The van der Waals surface area contributed by atoms with Crippen LogP contribution in [-0.2, 0) is 6.54 Å². The predicted octanol–water partition coefficient (Wildman–Crippen LogP) is 3.88. The van der Waals surface area contributed by atoms with E-state index in [-0.39, 0.29) is 0 Å². The van der Waals surface area contributed by atoms with Gasteiger partial charge in [0.15, 0.2) is 5.65 Å². The zero-order valence-corrected chi connectivity index (χ0v) is 22.2. The normalized spacial score (nSPS) is 17.4. The summed E-state index contributed by atoms with van der Waals surface area (Å²) < 4.78 is 0.987. The molecule has 6 rings (SSSR count). The Morgan fingerprint density at radius 3 is 2.46 bits per heavy atom. The first-order valence-electron chi connectivity index (χ1n) is 12.1. The highest BCUT2D eigenvalue weighted by atomic mass is 79.9. The van der Waals surface area contributed by atoms with Gasteiger partial charge in [0.25, 0.3) is 0 Å². The molecular formula is C25H29BrN8S. The topological polar surface area (TPSA) is 76.2 Å². The molecular weight excluding hydrogens is 524 g/mol. The maximum absolute atomic E-state index is 5.02. The fourth-order valence-corrected chi connectivity index (χ4v) is 6.09. The van der Waals surface area contributed by atoms with Crippen LogP contribution >= 0.6 is 27.3 Å². The molecule has 2 fully saturated rings. The number of hydrogen-bond acceptors (Lipinski definition) is 8. The van der Waals surface area contributed by atoms with E-state index >= 15 is 0 Å². The smallest absolute Gasteiger partial charge is 0.159 e. The second-order valence-corrected chi connectivity index (χ2v) is 11.1. The van der Waals surface area contributed by atoms with Crippen molar-refractivity contribution in [2.45, 2.75) is 13.5 Å². The van der Waals surface area contributed by atoms with Gasteiger partial charge in [-0.05, 0) is 47.1 Å². The lowest BCUT2D eigenvalue weighted by Crippen LogP contribution is -2.46. The van der Waals surface area contributed by atoms with Crippen molar-refractivity contribution in [3.05, 3.63) is 51.0 Å². The second-order valence-electron chi connectivity index (χ2n) is 9.14. The van der Waals surface area contributed by atoms with E-state index in [0.717, 1.165) is 96.6 Å². The lowest BCUT2D eigenvalue weighted by molar-refractivity contribution is 0.247. The molecule has 5 heterocycles. The molecule has 1 aromatic carbocycles. The first-order chi connectivity index (χ1) is 17.1. The number of aryl methyl sites for hydroxylation is 1. The van der Waals surface area contributed by atoms with Crippen molar-refractivity contribution in [1.82, 2.24) is 30.2 Å². The van der Waals surface area contributed by atoms with E-state index in [0.29, 0.717) is 0 Å². The molecule has 0 atom stereocenters. The molecule has 0 amide bonds. The number of fused-ring (bicyclic) bond motifs is 1. The summed E-state index contributed by atoms with van der Waals surface area (Å²) in [6, 6.07) is 8.70. The van der Waals surface area contributed by atoms with Crippen molar-refractivity contribution in [1.29, 1.82) is 0 Å². The van der Waals surface area contributed by atoms with Gasteiger partial charge in [0.2, 0.25) is 0 Å². The Balaban J connectivity index is 1.21. The summed E-state index contributed by atoms with van der Waals surface area (Å²) in [5, 5.41) is 6.72. The number of H-pyrrole nitrogens is 1. The Morgan fingerprint density at radius 1 is 0.971 bits per heavy atom. The number of anilines is 2. The number of nitrogens with one attached hydrogen (secondary N) is 2. The monoisotopic (exact) mass is 552 g/mol. The molecule has 35 heavy (non-hydrogen) atoms. The number of hydrogen-bond donors (Lipinski definition) is 2. The third kappa shape index (κ3) is 4.80. The van der Waals surface area contributed by atoms with Crippen LogP contribution in [0.15, 0.2) is 40.3 Å². The van der Waals surface area contributed by atoms with Crippen LogP contribution in [0.4, 0.5) is 11.4 Å². The molecule has 2 N–H and O–H groups in total. The number of aromatic amines is 1. The quantitative estimate of drug-likeness (QED) is 0.389. The zero-order chi connectivity index (χ0) is 23.8. The highest BCUT2D eigenvalue weighted by molar-refractivity contribution is 9.10. The van der Waals surface area contributed by atoms with E-state index in [1.54, 1.807) is 11.3 Å². The summed E-state index contributed by atoms with van der Waals surface area (Å²) in [6.45, 7) is 11.0. The Morgan fingerprint density at radius 2 is 1.74 bits per heavy atom. The van der Waals surface area contributed by atoms with Gasteiger partial charge in [-0.2, -0.15) is 0 Å². The lowest BCUT2D eigenvalue weighted by atomic mass is 10.1. The minimum Gasteiger partial charge on any atom is -0.369 e. The molecule has 0 aliphatic carbocycles. The van der Waals surface area contributed by atoms with Gasteiger partial charge in [0.05, 0.1) is 20.9 Å². The lowest BCUT2D eigenvalue weighted by Gasteiger charge is -2.36. The SMILES string of the molecule is Cc1nc(CN2CCN(c3c(Br)cnc4[nH]c(-c5ccc(N6CCNCC6)cc5)nc34)CC2)cs1. The Hall–Kier alpha value is -2.53. The Kier molecular flexibility index (Phi) is 6.44. The van der Waals surface area contributed by atoms with Crippen LogP contribution in [0.1, 0.15) is 10.7 Å². The van der Waals surface area contributed by atoms with Crippen LogP contribution in [0, 0.1) is 6.92 Å². The van der Waals surface area contributed by atoms with Gasteiger partial charge in [-0.3, -0.25) is 4.90 Å². The molecule has 2 aliphatic rings. The molecule has 2 saturated heterocycles. The first kappa shape index (κ1) is 22.9. The Labute approximate surface area is 217 Å². The summed E-state index contributed by atoms with van der Waals surface area (Å²) in [7, 11) is 0. The van der Waals surface area contributed by atoms with Gasteiger partial charge in [-0.15, -0.1) is 11.3 Å². The van der Waals surface area contributed by atoms with Gasteiger partial charge in [-0.1, -0.05) is 0 Å². The van der Waals surface area contributed by atoms with Gasteiger partial charge in [0.1, 0.15) is 11.3 Å². The number of benzene rings is 1. The first-order valence-corrected chi connectivity index (χ1v) is 13.8. The summed E-state index contributed by atoms with van der Waals surface area (Å²) in [4.78, 5) is 25.0. The number of nitrogens with zero attached hydrogens (tertiary/aromatic N) is 6. The highest BCUT2D eigenvalue weighted by Gasteiger charge is 2.23. The van der Waals surface area contributed by atoms with E-state index < -0.39 is 0 Å². The van der Waals surface area contributed by atoms with Crippen LogP contribution in [0.3, 0.4) is 0 Å². The molecule has 0 spiro atoms. The number of thiazole rings is 1. The van der Waals surface area contributed by atoms with Gasteiger partial charge in [-0.25, -0.2) is 15.0 Å². The number of halogens is 1. The average Bonchev–Trinajstić information content (AvgIpc) is 3.51. The van der Waals surface area contributed by atoms with Crippen LogP contribution < -0.4 is 15.1 Å². The Bertz CT molecular complexity index is 1300. The van der Waals surface area contributed by atoms with E-state index in [4.69, 9.17) is 4.98 Å². The van der Waals surface area contributed by atoms with Crippen molar-refractivity contribution >= 4 is 49.8 Å². The number of aromatic nitrogens is 4. The molecule has 0 unspecified atom stereocenters. The molecule has 0 saturated carbocycles. The summed E-state index contributed by atoms with van der Waals surface area (Å²) >= 11 is 5.48. The largest absolute Gasteiger partial charge is 0.369 e. The van der Waals surface area contributed by atoms with Gasteiger partial charge >= 0.3 is 0 Å². The van der Waals surface area contributed by atoms with Crippen molar-refractivity contribution < 1.29 is 0 Å². The molecule has 10 heteroatoms. The van der Waals surface area contributed by atoms with Crippen LogP contribution in [0.25, 0.3) is 22.6 Å². The fraction of sp³-hybridized carbons (Fsp3) is 0.400. The molecule has 2 aliphatic heterocycles. The summed E-state index contributed by atoms with van der Waals surface area (Å²) in [5.74, 6) is 0.858. The van der Waals surface area contributed by atoms with Gasteiger partial charge in [0, 0.05) is 81.7 Å². The van der Waals surface area contributed by atoms with Crippen LogP contribution in [0.5, 0.6) is 0 Å². The van der Waals surface area contributed by atoms with Crippen molar-refractivity contribution in [3.63, 3.8) is 0 Å². The minimum atomic E-state index is 0.824. The molecule has 182 valence electrons. The molecule has 3 aromatic heterocycles. The van der Waals surface area contributed by atoms with Crippen molar-refractivity contribution in [3.8, 4) is 11.4 Å². The highest BCUT2D eigenvalue weighted by Crippen LogP contribution is 2.34. The molecule has 4 aromatic rings. The number of rotatable bonds is 5. The van der Waals surface area contributed by atoms with E-state index in [2.05, 4.69) is 87.5 Å². The van der Waals surface area contributed by atoms with Crippen LogP contribution in [-0.4, -0.2) is 77.2 Å². The van der Waals surface area contributed by atoms with Crippen molar-refractivity contribution in [2.75, 3.05) is 62.2 Å². The minimum absolute atomic E-state index is 0.824. The van der Waals surface area contributed by atoms with E-state index in [1.807, 2.05) is 6.20 Å². The van der Waals surface area contributed by atoms with Gasteiger partial charge < -0.3 is 20.1 Å². The standard InChI is InChI=1S/C25H29BrN8S/c1-17-29-19(16-35-17)15-32-10-12-34(13-11-32)23-21(26)14-28-25-22(23)30-24(31-25)18-2-4-20(5-3-18)33-8-6-27-7-9-33/h2-5,14,16,27H,6-13,15H2,1H3,(H,28,30,31). The average molecular weight is 554 g/mol. The number of piperazine rings is 2. The third-order valence-electron chi connectivity index (χ3n) is 6.81. The molecule has 0 bridgehead atoms.